The molecule has 0 aliphatic rings. The predicted molar refractivity (Wildman–Crippen MR) is 70.6 cm³/mol. The maximum Gasteiger partial charge on any atom is 0.0465 e. The van der Waals surface area contributed by atoms with Gasteiger partial charge in [-0.15, -0.1) is 0 Å². The van der Waals surface area contributed by atoms with Crippen molar-refractivity contribution in [2.45, 2.75) is 51.6 Å². The molecule has 0 radical (unpaired) electrons. The third kappa shape index (κ3) is 3.44. The molecule has 0 aromatic heterocycles. The zero-order valence-corrected chi connectivity index (χ0v) is 11.9. The van der Waals surface area contributed by atoms with Crippen LogP contribution in [0.4, 0.5) is 0 Å². The normalized spacial score (nSPS) is 16.5. The first-order chi connectivity index (χ1) is 7.46. The number of rotatable bonds is 8. The number of hydrogen-bond acceptors (Lipinski definition) is 3. The van der Waals surface area contributed by atoms with Gasteiger partial charge in [0.2, 0.25) is 0 Å². The molecule has 0 amide bonds. The fourth-order valence-electron chi connectivity index (χ4n) is 2.66. The lowest BCUT2D eigenvalue weighted by molar-refractivity contribution is 0.0712. The van der Waals surface area contributed by atoms with Crippen molar-refractivity contribution >= 4 is 0 Å². The first kappa shape index (κ1) is 15.9. The van der Waals surface area contributed by atoms with E-state index in [4.69, 9.17) is 10.5 Å². The molecule has 0 rings (SSSR count). The van der Waals surface area contributed by atoms with Crippen LogP contribution >= 0.6 is 0 Å². The molecule has 16 heavy (non-hydrogen) atoms. The highest BCUT2D eigenvalue weighted by molar-refractivity contribution is 4.97. The van der Waals surface area contributed by atoms with E-state index in [0.29, 0.717) is 5.92 Å². The van der Waals surface area contributed by atoms with Gasteiger partial charge in [0.05, 0.1) is 0 Å². The zero-order chi connectivity index (χ0) is 12.8. The number of nitrogens with two attached hydrogens (primary N) is 1. The second-order valence-electron chi connectivity index (χ2n) is 4.99. The summed E-state index contributed by atoms with van der Waals surface area (Å²) in [5.41, 5.74) is 6.58. The average Bonchev–Trinajstić information content (AvgIpc) is 2.27. The van der Waals surface area contributed by atoms with Crippen molar-refractivity contribution in [3.8, 4) is 0 Å². The van der Waals surface area contributed by atoms with Crippen LogP contribution in [0.1, 0.15) is 40.0 Å². The Hall–Kier alpha value is -0.120. The van der Waals surface area contributed by atoms with Gasteiger partial charge in [0, 0.05) is 25.3 Å². The minimum Gasteiger partial charge on any atom is -0.385 e. The molecule has 0 saturated heterocycles. The minimum absolute atomic E-state index is 0.118. The van der Waals surface area contributed by atoms with Crippen LogP contribution < -0.4 is 5.73 Å². The molecule has 3 heteroatoms. The van der Waals surface area contributed by atoms with Gasteiger partial charge in [-0.25, -0.2) is 0 Å². The number of nitrogens with zero attached hydrogens (tertiary/aromatic N) is 1. The molecule has 2 unspecified atom stereocenters. The van der Waals surface area contributed by atoms with Gasteiger partial charge < -0.3 is 15.4 Å². The Kier molecular flexibility index (Phi) is 7.20. The Bertz CT molecular complexity index is 179. The fourth-order valence-corrected chi connectivity index (χ4v) is 2.66. The van der Waals surface area contributed by atoms with Crippen LogP contribution in [0.5, 0.6) is 0 Å². The number of likely N-dealkylation sites (N-methyl/N-ethyl adjacent to an activating group) is 1. The van der Waals surface area contributed by atoms with Crippen LogP contribution in [-0.4, -0.2) is 44.3 Å². The van der Waals surface area contributed by atoms with E-state index >= 15 is 0 Å². The smallest absolute Gasteiger partial charge is 0.0465 e. The predicted octanol–water partition coefficient (Wildman–Crippen LogP) is 2.11. The fraction of sp³-hybridized carbons (Fsp3) is 1.00. The molecule has 2 N–H and O–H groups in total. The quantitative estimate of drug-likeness (QED) is 0.694. The van der Waals surface area contributed by atoms with Crippen molar-refractivity contribution in [1.29, 1.82) is 0 Å². The van der Waals surface area contributed by atoms with Gasteiger partial charge in [-0.1, -0.05) is 20.8 Å². The molecule has 2 atom stereocenters. The Morgan fingerprint density at radius 1 is 1.25 bits per heavy atom. The first-order valence-electron chi connectivity index (χ1n) is 6.38. The monoisotopic (exact) mass is 230 g/mol. The van der Waals surface area contributed by atoms with E-state index in [2.05, 4.69) is 39.8 Å². The Balaban J connectivity index is 4.65. The summed E-state index contributed by atoms with van der Waals surface area (Å²) < 4.78 is 5.13. The molecule has 0 aliphatic heterocycles. The second kappa shape index (κ2) is 7.25. The van der Waals surface area contributed by atoms with Crippen LogP contribution in [0.3, 0.4) is 0 Å². The van der Waals surface area contributed by atoms with Gasteiger partial charge in [-0.2, -0.15) is 0 Å². The van der Waals surface area contributed by atoms with Gasteiger partial charge in [-0.05, 0) is 39.3 Å². The van der Waals surface area contributed by atoms with Gasteiger partial charge in [0.15, 0.2) is 0 Å². The van der Waals surface area contributed by atoms with E-state index in [-0.39, 0.29) is 11.6 Å². The Labute approximate surface area is 101 Å². The van der Waals surface area contributed by atoms with Crippen LogP contribution in [0.25, 0.3) is 0 Å². The average molecular weight is 230 g/mol. The van der Waals surface area contributed by atoms with E-state index in [0.717, 1.165) is 25.9 Å². The highest BCUT2D eigenvalue weighted by Crippen LogP contribution is 2.29. The number of hydrogen-bond donors (Lipinski definition) is 1. The Morgan fingerprint density at radius 2 is 1.75 bits per heavy atom. The maximum atomic E-state index is 6.46. The summed E-state index contributed by atoms with van der Waals surface area (Å²) in [4.78, 5) is 2.29. The molecule has 98 valence electrons. The molecular weight excluding hydrogens is 200 g/mol. The van der Waals surface area contributed by atoms with Crippen molar-refractivity contribution in [2.24, 2.45) is 11.7 Å². The third-order valence-corrected chi connectivity index (χ3v) is 4.13. The second-order valence-corrected chi connectivity index (χ2v) is 4.99. The molecule has 0 bridgehead atoms. The van der Waals surface area contributed by atoms with Crippen LogP contribution in [-0.2, 0) is 4.74 Å². The van der Waals surface area contributed by atoms with Crippen molar-refractivity contribution < 1.29 is 4.74 Å². The Morgan fingerprint density at radius 3 is 2.06 bits per heavy atom. The van der Waals surface area contributed by atoms with E-state index < -0.39 is 0 Å². The van der Waals surface area contributed by atoms with Crippen molar-refractivity contribution in [2.75, 3.05) is 27.8 Å². The van der Waals surface area contributed by atoms with E-state index in [9.17, 15) is 0 Å². The minimum atomic E-state index is 0.118. The van der Waals surface area contributed by atoms with Crippen molar-refractivity contribution in [3.05, 3.63) is 0 Å². The summed E-state index contributed by atoms with van der Waals surface area (Å²) >= 11 is 0. The summed E-state index contributed by atoms with van der Waals surface area (Å²) in [5.74, 6) is 0.488. The molecule has 0 aromatic carbocycles. The van der Waals surface area contributed by atoms with Gasteiger partial charge in [-0.3, -0.25) is 0 Å². The summed E-state index contributed by atoms with van der Waals surface area (Å²) in [6.07, 6.45) is 3.22. The highest BCUT2D eigenvalue weighted by atomic mass is 16.5. The lowest BCUT2D eigenvalue weighted by atomic mass is 9.77. The third-order valence-electron chi connectivity index (χ3n) is 4.13. The van der Waals surface area contributed by atoms with Gasteiger partial charge in [0.25, 0.3) is 0 Å². The zero-order valence-electron chi connectivity index (χ0n) is 11.9. The topological polar surface area (TPSA) is 38.5 Å². The standard InChI is InChI=1S/C13H30N2O/c1-7-13(8-2,15(4)5)12(14)11(3)9-10-16-6/h11-12H,7-10,14H2,1-6H3. The molecule has 0 saturated carbocycles. The summed E-state index contributed by atoms with van der Waals surface area (Å²) in [6.45, 7) is 7.48. The summed E-state index contributed by atoms with van der Waals surface area (Å²) in [7, 11) is 6.02. The van der Waals surface area contributed by atoms with E-state index in [1.54, 1.807) is 7.11 Å². The van der Waals surface area contributed by atoms with Crippen LogP contribution in [0, 0.1) is 5.92 Å². The largest absolute Gasteiger partial charge is 0.385 e. The van der Waals surface area contributed by atoms with Gasteiger partial charge >= 0.3 is 0 Å². The van der Waals surface area contributed by atoms with E-state index in [1.165, 1.54) is 0 Å². The van der Waals surface area contributed by atoms with Crippen molar-refractivity contribution in [3.63, 3.8) is 0 Å². The van der Waals surface area contributed by atoms with Crippen molar-refractivity contribution in [1.82, 2.24) is 4.90 Å². The van der Waals surface area contributed by atoms with Gasteiger partial charge in [0.1, 0.15) is 0 Å². The van der Waals surface area contributed by atoms with Crippen LogP contribution in [0.2, 0.25) is 0 Å². The SMILES string of the molecule is CCC(CC)(C(N)C(C)CCOC)N(C)C. The lowest BCUT2D eigenvalue weighted by Crippen LogP contribution is -2.59. The molecule has 0 fully saturated rings. The summed E-state index contributed by atoms with van der Waals surface area (Å²) in [5, 5.41) is 0. The van der Waals surface area contributed by atoms with E-state index in [1.807, 2.05) is 0 Å². The molecule has 0 aromatic rings. The first-order valence-corrected chi connectivity index (χ1v) is 6.38. The maximum absolute atomic E-state index is 6.46. The molecular formula is C13H30N2O. The molecule has 0 heterocycles. The lowest BCUT2D eigenvalue weighted by Gasteiger charge is -2.46. The number of methoxy groups -OCH3 is 1. The van der Waals surface area contributed by atoms with Crippen LogP contribution in [0.15, 0.2) is 0 Å². The molecule has 0 aliphatic carbocycles. The number of ether oxygens (including phenoxy) is 1. The molecule has 3 nitrogen and oxygen atoms in total. The summed E-state index contributed by atoms with van der Waals surface area (Å²) in [6, 6.07) is 0.202. The molecule has 0 spiro atoms. The highest BCUT2D eigenvalue weighted by Gasteiger charge is 2.37.